The SMILES string of the molecule is CCN(Cc1ccc(OC)cc1)C(=O)[C@@H]1[C@H]2CC[C@@H](C2)[C@@H]1N. The van der Waals surface area contributed by atoms with Gasteiger partial charge in [0.1, 0.15) is 5.75 Å². The van der Waals surface area contributed by atoms with Crippen molar-refractivity contribution in [2.24, 2.45) is 23.5 Å². The van der Waals surface area contributed by atoms with Crippen molar-refractivity contribution in [1.82, 2.24) is 4.90 Å². The van der Waals surface area contributed by atoms with Crippen LogP contribution in [-0.4, -0.2) is 30.5 Å². The molecule has 0 aromatic heterocycles. The van der Waals surface area contributed by atoms with Gasteiger partial charge in [0.2, 0.25) is 5.91 Å². The maximum absolute atomic E-state index is 12.9. The second-order valence-electron chi connectivity index (χ2n) is 6.64. The van der Waals surface area contributed by atoms with Gasteiger partial charge in [-0.15, -0.1) is 0 Å². The van der Waals surface area contributed by atoms with Gasteiger partial charge in [0.05, 0.1) is 13.0 Å². The lowest BCUT2D eigenvalue weighted by molar-refractivity contribution is -0.138. The van der Waals surface area contributed by atoms with Crippen LogP contribution < -0.4 is 10.5 Å². The molecule has 0 spiro atoms. The van der Waals surface area contributed by atoms with Gasteiger partial charge in [0, 0.05) is 19.1 Å². The lowest BCUT2D eigenvalue weighted by Crippen LogP contribution is -2.46. The highest BCUT2D eigenvalue weighted by Gasteiger charge is 2.49. The molecule has 4 nitrogen and oxygen atoms in total. The third-order valence-corrected chi connectivity index (χ3v) is 5.49. The molecule has 0 radical (unpaired) electrons. The summed E-state index contributed by atoms with van der Waals surface area (Å²) in [5.41, 5.74) is 7.46. The third-order valence-electron chi connectivity index (χ3n) is 5.49. The molecule has 0 unspecified atom stereocenters. The normalized spacial score (nSPS) is 29.6. The van der Waals surface area contributed by atoms with E-state index in [0.717, 1.165) is 24.3 Å². The number of nitrogens with two attached hydrogens (primary N) is 1. The Labute approximate surface area is 132 Å². The lowest BCUT2D eigenvalue weighted by Gasteiger charge is -2.32. The van der Waals surface area contributed by atoms with E-state index in [2.05, 4.69) is 0 Å². The lowest BCUT2D eigenvalue weighted by atomic mass is 9.84. The smallest absolute Gasteiger partial charge is 0.227 e. The van der Waals surface area contributed by atoms with E-state index in [1.165, 1.54) is 12.8 Å². The molecule has 22 heavy (non-hydrogen) atoms. The van der Waals surface area contributed by atoms with Crippen LogP contribution in [0.1, 0.15) is 31.7 Å². The van der Waals surface area contributed by atoms with Crippen LogP contribution in [0.3, 0.4) is 0 Å². The number of benzene rings is 1. The molecule has 3 rings (SSSR count). The van der Waals surface area contributed by atoms with Crippen LogP contribution in [0.2, 0.25) is 0 Å². The van der Waals surface area contributed by atoms with E-state index in [1.54, 1.807) is 7.11 Å². The van der Waals surface area contributed by atoms with Crippen LogP contribution in [0.5, 0.6) is 5.75 Å². The van der Waals surface area contributed by atoms with Crippen LogP contribution >= 0.6 is 0 Å². The molecule has 120 valence electrons. The third kappa shape index (κ3) is 2.72. The molecular weight excluding hydrogens is 276 g/mol. The van der Waals surface area contributed by atoms with E-state index in [1.807, 2.05) is 36.1 Å². The zero-order chi connectivity index (χ0) is 15.7. The number of fused-ring (bicyclic) bond motifs is 2. The predicted octanol–water partition coefficient (Wildman–Crippen LogP) is 2.42. The molecule has 1 amide bonds. The monoisotopic (exact) mass is 302 g/mol. The van der Waals surface area contributed by atoms with Crippen molar-refractivity contribution in [3.8, 4) is 5.75 Å². The molecule has 4 heteroatoms. The van der Waals surface area contributed by atoms with Gasteiger partial charge >= 0.3 is 0 Å². The number of hydrogen-bond donors (Lipinski definition) is 1. The van der Waals surface area contributed by atoms with Crippen molar-refractivity contribution >= 4 is 5.91 Å². The second-order valence-corrected chi connectivity index (χ2v) is 6.64. The Morgan fingerprint density at radius 1 is 1.27 bits per heavy atom. The van der Waals surface area contributed by atoms with Crippen molar-refractivity contribution in [3.05, 3.63) is 29.8 Å². The highest BCUT2D eigenvalue weighted by atomic mass is 16.5. The Kier molecular flexibility index (Phi) is 4.39. The summed E-state index contributed by atoms with van der Waals surface area (Å²) in [6.07, 6.45) is 3.53. The maximum atomic E-state index is 12.9. The second kappa shape index (κ2) is 6.29. The van der Waals surface area contributed by atoms with Crippen LogP contribution in [0.15, 0.2) is 24.3 Å². The Morgan fingerprint density at radius 3 is 2.50 bits per heavy atom. The highest BCUT2D eigenvalue weighted by Crippen LogP contribution is 2.48. The molecule has 2 aliphatic rings. The van der Waals surface area contributed by atoms with E-state index in [-0.39, 0.29) is 17.9 Å². The minimum absolute atomic E-state index is 0.0388. The van der Waals surface area contributed by atoms with Gasteiger partial charge in [-0.3, -0.25) is 4.79 Å². The predicted molar refractivity (Wildman–Crippen MR) is 86.4 cm³/mol. The van der Waals surface area contributed by atoms with E-state index < -0.39 is 0 Å². The van der Waals surface area contributed by atoms with Gasteiger partial charge in [-0.05, 0) is 55.7 Å². The van der Waals surface area contributed by atoms with Crippen LogP contribution in [-0.2, 0) is 11.3 Å². The molecule has 2 saturated carbocycles. The fourth-order valence-electron chi connectivity index (χ4n) is 4.21. The number of carbonyl (C=O) groups is 1. The number of hydrogen-bond acceptors (Lipinski definition) is 3. The molecule has 0 saturated heterocycles. The topological polar surface area (TPSA) is 55.6 Å². The van der Waals surface area contributed by atoms with Crippen molar-refractivity contribution in [3.63, 3.8) is 0 Å². The average Bonchev–Trinajstić information content (AvgIpc) is 3.13. The summed E-state index contributed by atoms with van der Waals surface area (Å²) in [5.74, 6) is 2.21. The summed E-state index contributed by atoms with van der Waals surface area (Å²) in [4.78, 5) is 14.9. The fraction of sp³-hybridized carbons (Fsp3) is 0.611. The molecule has 2 N–H and O–H groups in total. The molecule has 4 atom stereocenters. The Hall–Kier alpha value is -1.55. The first-order chi connectivity index (χ1) is 10.6. The molecule has 1 aromatic carbocycles. The summed E-state index contributed by atoms with van der Waals surface area (Å²) in [7, 11) is 1.66. The first-order valence-electron chi connectivity index (χ1n) is 8.31. The van der Waals surface area contributed by atoms with Crippen molar-refractivity contribution in [2.75, 3.05) is 13.7 Å². The van der Waals surface area contributed by atoms with Crippen molar-refractivity contribution in [2.45, 2.75) is 38.8 Å². The minimum Gasteiger partial charge on any atom is -0.497 e. The van der Waals surface area contributed by atoms with Crippen molar-refractivity contribution < 1.29 is 9.53 Å². The summed E-state index contributed by atoms with van der Waals surface area (Å²) >= 11 is 0. The van der Waals surface area contributed by atoms with Gasteiger partial charge in [-0.1, -0.05) is 12.1 Å². The molecule has 2 fully saturated rings. The molecule has 2 aliphatic carbocycles. The van der Waals surface area contributed by atoms with Gasteiger partial charge in [-0.25, -0.2) is 0 Å². The molecular formula is C18H26N2O2. The minimum atomic E-state index is 0.0388. The van der Waals surface area contributed by atoms with E-state index in [9.17, 15) is 4.79 Å². The molecule has 0 heterocycles. The number of amides is 1. The average molecular weight is 302 g/mol. The zero-order valence-corrected chi connectivity index (χ0v) is 13.5. The van der Waals surface area contributed by atoms with Crippen LogP contribution in [0.25, 0.3) is 0 Å². The van der Waals surface area contributed by atoms with E-state index in [0.29, 0.717) is 18.4 Å². The quantitative estimate of drug-likeness (QED) is 0.909. The number of rotatable bonds is 5. The number of methoxy groups -OCH3 is 1. The number of nitrogens with zero attached hydrogens (tertiary/aromatic N) is 1. The zero-order valence-electron chi connectivity index (χ0n) is 13.5. The number of carbonyl (C=O) groups excluding carboxylic acids is 1. The first-order valence-corrected chi connectivity index (χ1v) is 8.31. The highest BCUT2D eigenvalue weighted by molar-refractivity contribution is 5.80. The number of ether oxygens (including phenoxy) is 1. The van der Waals surface area contributed by atoms with Crippen molar-refractivity contribution in [1.29, 1.82) is 0 Å². The van der Waals surface area contributed by atoms with E-state index >= 15 is 0 Å². The fourth-order valence-corrected chi connectivity index (χ4v) is 4.21. The van der Waals surface area contributed by atoms with Crippen LogP contribution in [0, 0.1) is 17.8 Å². The van der Waals surface area contributed by atoms with Gasteiger partial charge in [-0.2, -0.15) is 0 Å². The largest absolute Gasteiger partial charge is 0.497 e. The van der Waals surface area contributed by atoms with Gasteiger partial charge in [0.25, 0.3) is 0 Å². The van der Waals surface area contributed by atoms with Gasteiger partial charge < -0.3 is 15.4 Å². The first kappa shape index (κ1) is 15.3. The maximum Gasteiger partial charge on any atom is 0.227 e. The summed E-state index contributed by atoms with van der Waals surface area (Å²) in [6, 6.07) is 8.00. The standard InChI is InChI=1S/C18H26N2O2/c1-3-20(11-12-4-8-15(22-2)9-5-12)18(21)16-13-6-7-14(10-13)17(16)19/h4-5,8-9,13-14,16-17H,3,6-7,10-11,19H2,1-2H3/t13-,14-,16+,17-/m0/s1. The van der Waals surface area contributed by atoms with Gasteiger partial charge in [0.15, 0.2) is 0 Å². The van der Waals surface area contributed by atoms with E-state index in [4.69, 9.17) is 10.5 Å². The molecule has 2 bridgehead atoms. The Morgan fingerprint density at radius 2 is 1.95 bits per heavy atom. The Balaban J connectivity index is 1.69. The summed E-state index contributed by atoms with van der Waals surface area (Å²) in [5, 5.41) is 0. The Bertz CT molecular complexity index is 526. The van der Waals surface area contributed by atoms with Crippen LogP contribution in [0.4, 0.5) is 0 Å². The summed E-state index contributed by atoms with van der Waals surface area (Å²) < 4.78 is 5.18. The molecule has 0 aliphatic heterocycles. The summed E-state index contributed by atoms with van der Waals surface area (Å²) in [6.45, 7) is 3.42. The molecule has 1 aromatic rings.